The van der Waals surface area contributed by atoms with Crippen LogP contribution in [0.1, 0.15) is 18.9 Å². The lowest BCUT2D eigenvalue weighted by Crippen LogP contribution is -2.22. The number of hydrogen-bond acceptors (Lipinski definition) is 4. The van der Waals surface area contributed by atoms with E-state index >= 15 is 0 Å². The summed E-state index contributed by atoms with van der Waals surface area (Å²) in [6.45, 7) is 3.02. The van der Waals surface area contributed by atoms with Crippen LogP contribution in [-0.2, 0) is 11.3 Å². The minimum absolute atomic E-state index is 0.0805. The third-order valence-electron chi connectivity index (χ3n) is 2.39. The Labute approximate surface area is 121 Å². The minimum Gasteiger partial charge on any atom is -0.493 e. The Morgan fingerprint density at radius 2 is 2.16 bits per heavy atom. The Morgan fingerprint density at radius 3 is 2.74 bits per heavy atom. The number of methoxy groups -OCH3 is 1. The SMILES string of the molecule is CCCOc1cc(Br)c(CNCC(=O)O)cc1OC. The number of hydrogen-bond donors (Lipinski definition) is 2. The Kier molecular flexibility index (Phi) is 6.66. The zero-order chi connectivity index (χ0) is 14.3. The summed E-state index contributed by atoms with van der Waals surface area (Å²) in [7, 11) is 1.58. The number of benzene rings is 1. The molecule has 6 heteroatoms. The molecule has 0 radical (unpaired) electrons. The molecule has 0 aliphatic carbocycles. The fourth-order valence-electron chi connectivity index (χ4n) is 1.50. The Morgan fingerprint density at radius 1 is 1.42 bits per heavy atom. The van der Waals surface area contributed by atoms with Gasteiger partial charge in [0.1, 0.15) is 0 Å². The van der Waals surface area contributed by atoms with Gasteiger partial charge in [-0.1, -0.05) is 22.9 Å². The summed E-state index contributed by atoms with van der Waals surface area (Å²) in [5.41, 5.74) is 0.918. The van der Waals surface area contributed by atoms with E-state index in [0.717, 1.165) is 16.5 Å². The molecule has 1 aromatic rings. The maximum absolute atomic E-state index is 10.5. The molecule has 2 N–H and O–H groups in total. The molecule has 0 heterocycles. The number of carbonyl (C=O) groups is 1. The predicted molar refractivity (Wildman–Crippen MR) is 75.8 cm³/mol. The molecular weight excluding hydrogens is 314 g/mol. The molecule has 19 heavy (non-hydrogen) atoms. The van der Waals surface area contributed by atoms with Crippen LogP contribution in [0, 0.1) is 0 Å². The molecular formula is C13H18BrNO4. The molecule has 0 fully saturated rings. The van der Waals surface area contributed by atoms with Crippen LogP contribution in [0.15, 0.2) is 16.6 Å². The number of aliphatic carboxylic acids is 1. The van der Waals surface area contributed by atoms with Gasteiger partial charge in [-0.2, -0.15) is 0 Å². The van der Waals surface area contributed by atoms with Crippen LogP contribution in [0.2, 0.25) is 0 Å². The van der Waals surface area contributed by atoms with Crippen molar-refractivity contribution in [2.24, 2.45) is 0 Å². The minimum atomic E-state index is -0.883. The average molecular weight is 332 g/mol. The summed E-state index contributed by atoms with van der Waals surface area (Å²) in [5, 5.41) is 11.4. The first-order valence-corrected chi connectivity index (χ1v) is 6.79. The smallest absolute Gasteiger partial charge is 0.317 e. The molecule has 0 aliphatic heterocycles. The lowest BCUT2D eigenvalue weighted by molar-refractivity contribution is -0.135. The highest BCUT2D eigenvalue weighted by atomic mass is 79.9. The van der Waals surface area contributed by atoms with Gasteiger partial charge >= 0.3 is 5.97 Å². The van der Waals surface area contributed by atoms with Crippen molar-refractivity contribution >= 4 is 21.9 Å². The van der Waals surface area contributed by atoms with E-state index in [9.17, 15) is 4.79 Å². The molecule has 0 spiro atoms. The van der Waals surface area contributed by atoms with Crippen molar-refractivity contribution < 1.29 is 19.4 Å². The van der Waals surface area contributed by atoms with Gasteiger partial charge < -0.3 is 19.9 Å². The molecule has 0 atom stereocenters. The maximum atomic E-state index is 10.5. The van der Waals surface area contributed by atoms with Gasteiger partial charge in [0.25, 0.3) is 0 Å². The largest absolute Gasteiger partial charge is 0.493 e. The van der Waals surface area contributed by atoms with E-state index in [1.54, 1.807) is 7.11 Å². The molecule has 0 saturated heterocycles. The van der Waals surface area contributed by atoms with Crippen LogP contribution in [0.4, 0.5) is 0 Å². The highest BCUT2D eigenvalue weighted by Crippen LogP contribution is 2.33. The molecule has 5 nitrogen and oxygen atoms in total. The first-order chi connectivity index (χ1) is 9.08. The number of carboxylic acids is 1. The number of ether oxygens (including phenoxy) is 2. The summed E-state index contributed by atoms with van der Waals surface area (Å²) in [4.78, 5) is 10.5. The van der Waals surface area contributed by atoms with Gasteiger partial charge in [0.15, 0.2) is 11.5 Å². The van der Waals surface area contributed by atoms with E-state index < -0.39 is 5.97 Å². The standard InChI is InChI=1S/C13H18BrNO4/c1-3-4-19-12-6-10(14)9(5-11(12)18-2)7-15-8-13(16)17/h5-6,15H,3-4,7-8H2,1-2H3,(H,16,17). The lowest BCUT2D eigenvalue weighted by Gasteiger charge is -2.13. The van der Waals surface area contributed by atoms with Crippen LogP contribution < -0.4 is 14.8 Å². The molecule has 0 aromatic heterocycles. The van der Waals surface area contributed by atoms with E-state index in [1.807, 2.05) is 19.1 Å². The molecule has 0 amide bonds. The highest BCUT2D eigenvalue weighted by molar-refractivity contribution is 9.10. The highest BCUT2D eigenvalue weighted by Gasteiger charge is 2.10. The Balaban J connectivity index is 2.80. The van der Waals surface area contributed by atoms with Crippen molar-refractivity contribution in [2.45, 2.75) is 19.9 Å². The molecule has 106 valence electrons. The third kappa shape index (κ3) is 5.08. The second-order valence-corrected chi connectivity index (χ2v) is 4.79. The quantitative estimate of drug-likeness (QED) is 0.765. The van der Waals surface area contributed by atoms with Crippen molar-refractivity contribution in [1.29, 1.82) is 0 Å². The van der Waals surface area contributed by atoms with E-state index in [-0.39, 0.29) is 6.54 Å². The van der Waals surface area contributed by atoms with E-state index in [1.165, 1.54) is 0 Å². The summed E-state index contributed by atoms with van der Waals surface area (Å²) in [6.07, 6.45) is 0.919. The monoisotopic (exact) mass is 331 g/mol. The van der Waals surface area contributed by atoms with Crippen molar-refractivity contribution in [3.8, 4) is 11.5 Å². The molecule has 0 saturated carbocycles. The van der Waals surface area contributed by atoms with Crippen LogP contribution >= 0.6 is 15.9 Å². The first kappa shape index (κ1) is 15.8. The van der Waals surface area contributed by atoms with Crippen LogP contribution in [0.25, 0.3) is 0 Å². The van der Waals surface area contributed by atoms with Gasteiger partial charge in [0.05, 0.1) is 20.3 Å². The zero-order valence-corrected chi connectivity index (χ0v) is 12.6. The fraction of sp³-hybridized carbons (Fsp3) is 0.462. The normalized spacial score (nSPS) is 10.3. The second-order valence-electron chi connectivity index (χ2n) is 3.94. The molecule has 1 rings (SSSR count). The van der Waals surface area contributed by atoms with Crippen LogP contribution in [0.5, 0.6) is 11.5 Å². The first-order valence-electron chi connectivity index (χ1n) is 6.00. The molecule has 0 bridgehead atoms. The van der Waals surface area contributed by atoms with Gasteiger partial charge in [-0.25, -0.2) is 0 Å². The molecule has 0 unspecified atom stereocenters. The Bertz CT molecular complexity index is 437. The fourth-order valence-corrected chi connectivity index (χ4v) is 1.96. The number of carboxylic acid groups (broad SMARTS) is 1. The van der Waals surface area contributed by atoms with E-state index in [0.29, 0.717) is 24.7 Å². The summed E-state index contributed by atoms with van der Waals surface area (Å²) >= 11 is 3.45. The van der Waals surface area contributed by atoms with E-state index in [2.05, 4.69) is 21.2 Å². The van der Waals surface area contributed by atoms with Crippen molar-refractivity contribution in [1.82, 2.24) is 5.32 Å². The Hall–Kier alpha value is -1.27. The van der Waals surface area contributed by atoms with Gasteiger partial charge in [0, 0.05) is 11.0 Å². The summed E-state index contributed by atoms with van der Waals surface area (Å²) in [6, 6.07) is 3.68. The van der Waals surface area contributed by atoms with Crippen LogP contribution in [0.3, 0.4) is 0 Å². The maximum Gasteiger partial charge on any atom is 0.317 e. The topological polar surface area (TPSA) is 67.8 Å². The zero-order valence-electron chi connectivity index (χ0n) is 11.0. The van der Waals surface area contributed by atoms with Crippen LogP contribution in [-0.4, -0.2) is 31.3 Å². The van der Waals surface area contributed by atoms with Gasteiger partial charge in [-0.15, -0.1) is 0 Å². The van der Waals surface area contributed by atoms with Gasteiger partial charge in [0.2, 0.25) is 0 Å². The predicted octanol–water partition coefficient (Wildman–Crippen LogP) is 2.42. The van der Waals surface area contributed by atoms with Crippen molar-refractivity contribution in [3.63, 3.8) is 0 Å². The third-order valence-corrected chi connectivity index (χ3v) is 3.12. The second kappa shape index (κ2) is 8.01. The van der Waals surface area contributed by atoms with Crippen molar-refractivity contribution in [2.75, 3.05) is 20.3 Å². The number of nitrogens with one attached hydrogen (secondary N) is 1. The van der Waals surface area contributed by atoms with Gasteiger partial charge in [-0.3, -0.25) is 4.79 Å². The lowest BCUT2D eigenvalue weighted by atomic mass is 10.2. The van der Waals surface area contributed by atoms with E-state index in [4.69, 9.17) is 14.6 Å². The molecule has 1 aromatic carbocycles. The number of rotatable bonds is 8. The van der Waals surface area contributed by atoms with Gasteiger partial charge in [-0.05, 0) is 24.1 Å². The van der Waals surface area contributed by atoms with Crippen molar-refractivity contribution in [3.05, 3.63) is 22.2 Å². The molecule has 0 aliphatic rings. The number of halogens is 1. The summed E-state index contributed by atoms with van der Waals surface area (Å²) in [5.74, 6) is 0.438. The summed E-state index contributed by atoms with van der Waals surface area (Å²) < 4.78 is 11.7. The average Bonchev–Trinajstić information content (AvgIpc) is 2.38.